The first kappa shape index (κ1) is 17.4. The SMILES string of the molecule is Cc1ccc(N2C(S)=C(C#N)C(=O)NC2c2ccccc2Cl)cc1C. The summed E-state index contributed by atoms with van der Waals surface area (Å²) in [5.74, 6) is -0.461. The summed E-state index contributed by atoms with van der Waals surface area (Å²) in [7, 11) is 0. The number of aryl methyl sites for hydroxylation is 2. The fraction of sp³-hybridized carbons (Fsp3) is 0.158. The van der Waals surface area contributed by atoms with Crippen LogP contribution in [-0.2, 0) is 4.79 Å². The molecule has 0 saturated carbocycles. The van der Waals surface area contributed by atoms with Gasteiger partial charge in [0.1, 0.15) is 17.8 Å². The zero-order valence-corrected chi connectivity index (χ0v) is 15.4. The number of hydrogen-bond donors (Lipinski definition) is 2. The van der Waals surface area contributed by atoms with Crippen LogP contribution in [-0.4, -0.2) is 5.91 Å². The van der Waals surface area contributed by atoms with Gasteiger partial charge in [-0.3, -0.25) is 4.79 Å². The lowest BCUT2D eigenvalue weighted by Crippen LogP contribution is -2.46. The Morgan fingerprint density at radius 2 is 1.92 bits per heavy atom. The topological polar surface area (TPSA) is 56.1 Å². The minimum absolute atomic E-state index is 0.0233. The fourth-order valence-electron chi connectivity index (χ4n) is 2.77. The van der Waals surface area contributed by atoms with Gasteiger partial charge in [0.05, 0.1) is 5.03 Å². The third kappa shape index (κ3) is 3.11. The van der Waals surface area contributed by atoms with Crippen molar-refractivity contribution in [2.45, 2.75) is 20.0 Å². The van der Waals surface area contributed by atoms with E-state index in [1.54, 1.807) is 6.07 Å². The first-order valence-electron chi connectivity index (χ1n) is 7.69. The van der Waals surface area contributed by atoms with E-state index in [2.05, 4.69) is 17.9 Å². The van der Waals surface area contributed by atoms with E-state index in [9.17, 15) is 10.1 Å². The average molecular weight is 370 g/mol. The minimum atomic E-state index is -0.548. The van der Waals surface area contributed by atoms with E-state index < -0.39 is 12.1 Å². The fourth-order valence-corrected chi connectivity index (χ4v) is 3.39. The number of rotatable bonds is 2. The Morgan fingerprint density at radius 3 is 2.56 bits per heavy atom. The van der Waals surface area contributed by atoms with Crippen LogP contribution in [0.3, 0.4) is 0 Å². The second kappa shape index (κ2) is 6.83. The zero-order valence-electron chi connectivity index (χ0n) is 13.7. The lowest BCUT2D eigenvalue weighted by Gasteiger charge is -2.38. The standard InChI is InChI=1S/C19H16ClN3OS/c1-11-7-8-13(9-12(11)2)23-17(14-5-3-4-6-16(14)20)22-18(24)15(10-21)19(23)25/h3-9,17,25H,1-2H3,(H,22,24). The summed E-state index contributed by atoms with van der Waals surface area (Å²) >= 11 is 10.8. The second-order valence-electron chi connectivity index (χ2n) is 5.85. The number of halogens is 1. The van der Waals surface area contributed by atoms with Gasteiger partial charge in [0.25, 0.3) is 5.91 Å². The molecule has 126 valence electrons. The second-order valence-corrected chi connectivity index (χ2v) is 6.68. The van der Waals surface area contributed by atoms with Gasteiger partial charge in [0, 0.05) is 16.3 Å². The lowest BCUT2D eigenvalue weighted by molar-refractivity contribution is -0.118. The number of benzene rings is 2. The van der Waals surface area contributed by atoms with Crippen molar-refractivity contribution in [3.63, 3.8) is 0 Å². The highest BCUT2D eigenvalue weighted by Gasteiger charge is 2.34. The summed E-state index contributed by atoms with van der Waals surface area (Å²) in [6, 6.07) is 15.2. The van der Waals surface area contributed by atoms with E-state index in [4.69, 9.17) is 11.6 Å². The van der Waals surface area contributed by atoms with Gasteiger partial charge >= 0.3 is 0 Å². The molecule has 1 aliphatic rings. The molecule has 0 spiro atoms. The summed E-state index contributed by atoms with van der Waals surface area (Å²) in [5.41, 5.74) is 3.80. The van der Waals surface area contributed by atoms with E-state index in [0.717, 1.165) is 22.4 Å². The summed E-state index contributed by atoms with van der Waals surface area (Å²) in [6.07, 6.45) is -0.548. The Balaban J connectivity index is 2.21. The zero-order chi connectivity index (χ0) is 18.1. The molecule has 25 heavy (non-hydrogen) atoms. The van der Waals surface area contributed by atoms with Crippen molar-refractivity contribution in [3.05, 3.63) is 74.8 Å². The van der Waals surface area contributed by atoms with Crippen LogP contribution in [0, 0.1) is 25.2 Å². The van der Waals surface area contributed by atoms with Gasteiger partial charge in [-0.05, 0) is 43.2 Å². The normalized spacial score (nSPS) is 17.3. The third-order valence-electron chi connectivity index (χ3n) is 4.29. The van der Waals surface area contributed by atoms with E-state index in [-0.39, 0.29) is 5.57 Å². The molecule has 0 bridgehead atoms. The van der Waals surface area contributed by atoms with Crippen LogP contribution in [0.5, 0.6) is 0 Å². The van der Waals surface area contributed by atoms with Crippen LogP contribution in [0.2, 0.25) is 5.02 Å². The predicted octanol–water partition coefficient (Wildman–Crippen LogP) is 4.26. The van der Waals surface area contributed by atoms with Crippen molar-refractivity contribution >= 4 is 35.8 Å². The van der Waals surface area contributed by atoms with Gasteiger partial charge in [-0.15, -0.1) is 12.6 Å². The van der Waals surface area contributed by atoms with Gasteiger partial charge in [-0.2, -0.15) is 5.26 Å². The molecule has 0 saturated heterocycles. The molecular weight excluding hydrogens is 354 g/mol. The molecule has 0 radical (unpaired) electrons. The number of thiol groups is 1. The van der Waals surface area contributed by atoms with E-state index in [1.165, 1.54) is 0 Å². The molecular formula is C19H16ClN3OS. The lowest BCUT2D eigenvalue weighted by atomic mass is 10.0. The van der Waals surface area contributed by atoms with Crippen LogP contribution in [0.4, 0.5) is 5.69 Å². The van der Waals surface area contributed by atoms with Crippen molar-refractivity contribution in [1.29, 1.82) is 5.26 Å². The monoisotopic (exact) mass is 369 g/mol. The Labute approximate surface area is 157 Å². The van der Waals surface area contributed by atoms with Crippen LogP contribution >= 0.6 is 24.2 Å². The molecule has 1 unspecified atom stereocenters. The maximum atomic E-state index is 12.3. The van der Waals surface area contributed by atoms with E-state index >= 15 is 0 Å². The third-order valence-corrected chi connectivity index (χ3v) is 5.07. The van der Waals surface area contributed by atoms with Crippen LogP contribution in [0.25, 0.3) is 0 Å². The Morgan fingerprint density at radius 1 is 1.20 bits per heavy atom. The molecule has 1 atom stereocenters. The molecule has 0 aliphatic carbocycles. The largest absolute Gasteiger partial charge is 0.327 e. The highest BCUT2D eigenvalue weighted by atomic mass is 35.5. The summed E-state index contributed by atoms with van der Waals surface area (Å²) in [4.78, 5) is 14.1. The Kier molecular flexibility index (Phi) is 4.76. The number of nitrogens with one attached hydrogen (secondary N) is 1. The first-order chi connectivity index (χ1) is 11.9. The smallest absolute Gasteiger partial charge is 0.266 e. The number of nitrogens with zero attached hydrogens (tertiary/aromatic N) is 2. The van der Waals surface area contributed by atoms with Crippen molar-refractivity contribution in [2.75, 3.05) is 4.90 Å². The molecule has 6 heteroatoms. The van der Waals surface area contributed by atoms with Gasteiger partial charge in [0.15, 0.2) is 0 Å². The maximum absolute atomic E-state index is 12.3. The summed E-state index contributed by atoms with van der Waals surface area (Å²) in [5, 5.41) is 13.0. The van der Waals surface area contributed by atoms with Crippen LogP contribution in [0.1, 0.15) is 22.9 Å². The van der Waals surface area contributed by atoms with Gasteiger partial charge in [0.2, 0.25) is 0 Å². The number of hydrogen-bond acceptors (Lipinski definition) is 4. The molecule has 1 amide bonds. The Bertz CT molecular complexity index is 933. The molecule has 1 heterocycles. The van der Waals surface area contributed by atoms with Crippen molar-refractivity contribution in [2.24, 2.45) is 0 Å². The van der Waals surface area contributed by atoms with Crippen molar-refractivity contribution in [1.82, 2.24) is 5.32 Å². The number of anilines is 1. The molecule has 3 rings (SSSR count). The van der Waals surface area contributed by atoms with Crippen molar-refractivity contribution < 1.29 is 4.79 Å². The average Bonchev–Trinajstić information content (AvgIpc) is 2.58. The van der Waals surface area contributed by atoms with Gasteiger partial charge in [-0.1, -0.05) is 35.9 Å². The molecule has 2 aromatic carbocycles. The first-order valence-corrected chi connectivity index (χ1v) is 8.51. The highest BCUT2D eigenvalue weighted by molar-refractivity contribution is 7.84. The summed E-state index contributed by atoms with van der Waals surface area (Å²) < 4.78 is 0. The molecule has 4 nitrogen and oxygen atoms in total. The molecule has 0 fully saturated rings. The molecule has 0 aromatic heterocycles. The molecule has 2 aromatic rings. The summed E-state index contributed by atoms with van der Waals surface area (Å²) in [6.45, 7) is 4.04. The maximum Gasteiger partial charge on any atom is 0.266 e. The van der Waals surface area contributed by atoms with Crippen LogP contribution in [0.15, 0.2) is 53.1 Å². The Hall–Kier alpha value is -2.42. The van der Waals surface area contributed by atoms with Gasteiger partial charge < -0.3 is 10.2 Å². The van der Waals surface area contributed by atoms with E-state index in [1.807, 2.05) is 61.2 Å². The molecule has 1 N–H and O–H groups in total. The number of carbonyl (C=O) groups is 1. The van der Waals surface area contributed by atoms with Crippen LogP contribution < -0.4 is 10.2 Å². The number of nitriles is 1. The molecule has 1 aliphatic heterocycles. The minimum Gasteiger partial charge on any atom is -0.327 e. The highest BCUT2D eigenvalue weighted by Crippen LogP contribution is 2.38. The number of amides is 1. The predicted molar refractivity (Wildman–Crippen MR) is 102 cm³/mol. The number of carbonyl (C=O) groups excluding carboxylic acids is 1. The van der Waals surface area contributed by atoms with Gasteiger partial charge in [-0.25, -0.2) is 0 Å². The quantitative estimate of drug-likeness (QED) is 0.778. The van der Waals surface area contributed by atoms with Crippen molar-refractivity contribution in [3.8, 4) is 6.07 Å². The van der Waals surface area contributed by atoms with E-state index in [0.29, 0.717) is 10.1 Å².